The van der Waals surface area contributed by atoms with Gasteiger partial charge >= 0.3 is 12.1 Å². The zero-order valence-corrected chi connectivity index (χ0v) is 26.5. The van der Waals surface area contributed by atoms with E-state index in [9.17, 15) is 9.90 Å². The summed E-state index contributed by atoms with van der Waals surface area (Å²) in [4.78, 5) is 29.0. The van der Waals surface area contributed by atoms with Crippen LogP contribution in [-0.4, -0.2) is 104 Å². The van der Waals surface area contributed by atoms with Gasteiger partial charge in [0.25, 0.3) is 0 Å². The standard InChI is InChI=1S/C31H35ClF2N8O5/c1-40-10-4-7-31(34,16-40)17-46-29-38-25(22-15-35-9-11-41(22)30(43)44)18-6-8-36-28(26(18)39-29)47-27-19-14-37-42(23-5-2-3-12-45-23)21(19)13-20(33)24(27)32/h6,8,13-14,22-23,35H,2-5,7,9-12,15-17H2,1H3,(H,43,44)/t22?,23?,31-/m0/s1. The van der Waals surface area contributed by atoms with Crippen LogP contribution in [0.1, 0.15) is 50.1 Å². The number of fused-ring (bicyclic) bond motifs is 2. The zero-order chi connectivity index (χ0) is 32.7. The van der Waals surface area contributed by atoms with Crippen LogP contribution >= 0.6 is 11.6 Å². The minimum Gasteiger partial charge on any atom is -0.465 e. The largest absolute Gasteiger partial charge is 0.465 e. The monoisotopic (exact) mass is 672 g/mol. The lowest BCUT2D eigenvalue weighted by atomic mass is 9.96. The van der Waals surface area contributed by atoms with Gasteiger partial charge in [-0.1, -0.05) is 11.6 Å². The highest BCUT2D eigenvalue weighted by Crippen LogP contribution is 2.42. The maximum absolute atomic E-state index is 15.8. The molecule has 0 bridgehead atoms. The SMILES string of the molecule is CN1CCC[C@@](F)(COc2nc(C3CNCCN3C(=O)O)c3ccnc(Oc4c(Cl)c(F)cc5c4cnn5C4CCCCO4)c3n2)C1. The van der Waals surface area contributed by atoms with Gasteiger partial charge in [0.1, 0.15) is 23.0 Å². The molecule has 47 heavy (non-hydrogen) atoms. The summed E-state index contributed by atoms with van der Waals surface area (Å²) >= 11 is 6.49. The van der Waals surface area contributed by atoms with Crippen LogP contribution in [0.25, 0.3) is 21.8 Å². The Kier molecular flexibility index (Phi) is 8.72. The number of piperidine rings is 1. The van der Waals surface area contributed by atoms with Crippen LogP contribution in [0.2, 0.25) is 5.02 Å². The lowest BCUT2D eigenvalue weighted by molar-refractivity contribution is -0.0366. The van der Waals surface area contributed by atoms with E-state index in [2.05, 4.69) is 25.4 Å². The molecule has 3 atom stereocenters. The highest BCUT2D eigenvalue weighted by Gasteiger charge is 2.37. The topological polar surface area (TPSA) is 140 Å². The number of hydrogen-bond donors (Lipinski definition) is 2. The number of halogens is 3. The van der Waals surface area contributed by atoms with E-state index in [4.69, 9.17) is 25.8 Å². The van der Waals surface area contributed by atoms with E-state index in [1.54, 1.807) is 10.7 Å². The lowest BCUT2D eigenvalue weighted by Crippen LogP contribution is -2.48. The summed E-state index contributed by atoms with van der Waals surface area (Å²) in [5.74, 6) is -0.794. The molecular formula is C31H35ClF2N8O5. The molecule has 2 N–H and O–H groups in total. The number of amides is 1. The number of nitrogens with one attached hydrogen (secondary N) is 1. The molecule has 16 heteroatoms. The molecule has 0 saturated carbocycles. The molecule has 3 aliphatic heterocycles. The number of alkyl halides is 1. The zero-order valence-electron chi connectivity index (χ0n) is 25.8. The molecule has 1 amide bonds. The molecule has 3 fully saturated rings. The normalized spacial score (nSPS) is 24.1. The van der Waals surface area contributed by atoms with Crippen LogP contribution < -0.4 is 14.8 Å². The second-order valence-electron chi connectivity index (χ2n) is 12.3. The molecule has 0 spiro atoms. The summed E-state index contributed by atoms with van der Waals surface area (Å²) in [7, 11) is 1.85. The van der Waals surface area contributed by atoms with Gasteiger partial charge in [-0.3, -0.25) is 4.90 Å². The van der Waals surface area contributed by atoms with Gasteiger partial charge < -0.3 is 29.5 Å². The Bertz CT molecular complexity index is 1810. The van der Waals surface area contributed by atoms with E-state index < -0.39 is 23.6 Å². The minimum absolute atomic E-state index is 0.0224. The van der Waals surface area contributed by atoms with Crippen molar-refractivity contribution in [3.05, 3.63) is 41.1 Å². The van der Waals surface area contributed by atoms with Gasteiger partial charge in [-0.25, -0.2) is 23.2 Å². The first-order chi connectivity index (χ1) is 22.7. The van der Waals surface area contributed by atoms with Gasteiger partial charge in [0.15, 0.2) is 17.6 Å². The van der Waals surface area contributed by atoms with E-state index in [0.717, 1.165) is 25.8 Å². The summed E-state index contributed by atoms with van der Waals surface area (Å²) in [5, 5.41) is 18.3. The molecule has 13 nitrogen and oxygen atoms in total. The van der Waals surface area contributed by atoms with Crippen molar-refractivity contribution in [2.45, 2.75) is 50.0 Å². The van der Waals surface area contributed by atoms with Gasteiger partial charge in [0.2, 0.25) is 5.88 Å². The number of pyridine rings is 1. The molecule has 6 heterocycles. The van der Waals surface area contributed by atoms with Gasteiger partial charge in [0, 0.05) is 50.4 Å². The Hall–Kier alpha value is -3.92. The van der Waals surface area contributed by atoms with Crippen molar-refractivity contribution in [2.24, 2.45) is 0 Å². The van der Waals surface area contributed by atoms with Crippen LogP contribution in [0, 0.1) is 5.82 Å². The Labute approximate surface area is 273 Å². The van der Waals surface area contributed by atoms with Crippen molar-refractivity contribution in [1.29, 1.82) is 0 Å². The Morgan fingerprint density at radius 1 is 1.26 bits per heavy atom. The van der Waals surface area contributed by atoms with Crippen molar-refractivity contribution in [2.75, 3.05) is 53.0 Å². The number of benzene rings is 1. The number of hydrogen-bond acceptors (Lipinski definition) is 10. The maximum atomic E-state index is 15.8. The Morgan fingerprint density at radius 2 is 2.13 bits per heavy atom. The molecule has 1 aromatic carbocycles. The molecule has 3 saturated heterocycles. The molecular weight excluding hydrogens is 638 g/mol. The van der Waals surface area contributed by atoms with Crippen molar-refractivity contribution in [1.82, 2.24) is 39.8 Å². The highest BCUT2D eigenvalue weighted by molar-refractivity contribution is 6.33. The van der Waals surface area contributed by atoms with E-state index in [-0.39, 0.29) is 60.6 Å². The summed E-state index contributed by atoms with van der Waals surface area (Å²) in [6.07, 6.45) is 5.14. The van der Waals surface area contributed by atoms with Gasteiger partial charge in [-0.15, -0.1) is 0 Å². The summed E-state index contributed by atoms with van der Waals surface area (Å²) < 4.78 is 50.8. The lowest BCUT2D eigenvalue weighted by Gasteiger charge is -2.35. The number of likely N-dealkylation sites (tertiary alicyclic amines) is 1. The number of rotatable bonds is 7. The van der Waals surface area contributed by atoms with Crippen LogP contribution in [-0.2, 0) is 4.74 Å². The molecule has 7 rings (SSSR count). The fourth-order valence-electron chi connectivity index (χ4n) is 6.67. The van der Waals surface area contributed by atoms with Crippen molar-refractivity contribution in [3.8, 4) is 17.6 Å². The molecule has 3 aromatic heterocycles. The fourth-order valence-corrected chi connectivity index (χ4v) is 6.86. The van der Waals surface area contributed by atoms with Gasteiger partial charge in [-0.2, -0.15) is 15.1 Å². The van der Waals surface area contributed by atoms with Crippen LogP contribution in [0.5, 0.6) is 17.6 Å². The third kappa shape index (κ3) is 6.24. The van der Waals surface area contributed by atoms with Crippen molar-refractivity contribution in [3.63, 3.8) is 0 Å². The van der Waals surface area contributed by atoms with Crippen LogP contribution in [0.3, 0.4) is 0 Å². The minimum atomic E-state index is -1.62. The van der Waals surface area contributed by atoms with E-state index >= 15 is 8.78 Å². The Balaban J connectivity index is 1.32. The molecule has 250 valence electrons. The number of carbonyl (C=O) groups is 1. The number of piperazine rings is 1. The number of carboxylic acid groups (broad SMARTS) is 1. The van der Waals surface area contributed by atoms with Gasteiger partial charge in [-0.05, 0) is 51.8 Å². The van der Waals surface area contributed by atoms with Crippen molar-refractivity contribution >= 4 is 39.5 Å². The van der Waals surface area contributed by atoms with E-state index in [0.29, 0.717) is 48.0 Å². The van der Waals surface area contributed by atoms with Crippen LogP contribution in [0.15, 0.2) is 24.5 Å². The number of aromatic nitrogens is 5. The predicted octanol–water partition coefficient (Wildman–Crippen LogP) is 5.10. The Morgan fingerprint density at radius 3 is 2.91 bits per heavy atom. The first-order valence-corrected chi connectivity index (χ1v) is 16.1. The first kappa shape index (κ1) is 31.7. The highest BCUT2D eigenvalue weighted by atomic mass is 35.5. The third-order valence-electron chi connectivity index (χ3n) is 8.95. The third-order valence-corrected chi connectivity index (χ3v) is 9.30. The second kappa shape index (κ2) is 12.9. The van der Waals surface area contributed by atoms with Gasteiger partial charge in [0.05, 0.1) is 28.8 Å². The van der Waals surface area contributed by atoms with Crippen LogP contribution in [0.4, 0.5) is 13.6 Å². The summed E-state index contributed by atoms with van der Waals surface area (Å²) in [6.45, 7) is 2.22. The number of nitrogens with zero attached hydrogens (tertiary/aromatic N) is 7. The summed E-state index contributed by atoms with van der Waals surface area (Å²) in [5.41, 5.74) is -0.696. The van der Waals surface area contributed by atoms with E-state index in [1.165, 1.54) is 23.4 Å². The average molecular weight is 673 g/mol. The molecule has 2 unspecified atom stereocenters. The number of ether oxygens (including phenoxy) is 3. The second-order valence-corrected chi connectivity index (χ2v) is 12.7. The first-order valence-electron chi connectivity index (χ1n) is 15.7. The molecule has 3 aliphatic rings. The maximum Gasteiger partial charge on any atom is 0.407 e. The quantitative estimate of drug-likeness (QED) is 0.271. The molecule has 0 radical (unpaired) electrons. The van der Waals surface area contributed by atoms with Crippen molar-refractivity contribution < 1.29 is 32.9 Å². The van der Waals surface area contributed by atoms with E-state index in [1.807, 2.05) is 11.9 Å². The predicted molar refractivity (Wildman–Crippen MR) is 167 cm³/mol. The molecule has 0 aliphatic carbocycles. The smallest absolute Gasteiger partial charge is 0.407 e. The fraction of sp³-hybridized carbons (Fsp3) is 0.516. The molecule has 4 aromatic rings. The summed E-state index contributed by atoms with van der Waals surface area (Å²) in [6, 6.07) is 2.06. The average Bonchev–Trinajstić information content (AvgIpc) is 3.49.